The zero-order valence-electron chi connectivity index (χ0n) is 12.1. The van der Waals surface area contributed by atoms with Crippen LogP contribution in [0.3, 0.4) is 0 Å². The zero-order chi connectivity index (χ0) is 13.9. The molecule has 0 radical (unpaired) electrons. The smallest absolute Gasteiger partial charge is 0.262 e. The number of hydrogen-bond donors (Lipinski definition) is 0. The average Bonchev–Trinajstić information content (AvgIpc) is 3.16. The zero-order valence-corrected chi connectivity index (χ0v) is 12.9. The third-order valence-corrected chi connectivity index (χ3v) is 5.10. The summed E-state index contributed by atoms with van der Waals surface area (Å²) in [6, 6.07) is 2.07. The maximum absolute atomic E-state index is 12.4. The maximum Gasteiger partial charge on any atom is 0.262 e. The lowest BCUT2D eigenvalue weighted by atomic mass is 10.1. The standard InChI is InChI=1S/C16H22N2OS/c1-2-3-4-5-6-13-9-14-15(20-13)17-11-18(16(14)19)10-12-7-8-12/h9,11-12H,2-8,10H2,1H3. The van der Waals surface area contributed by atoms with E-state index in [1.165, 1.54) is 43.4 Å². The van der Waals surface area contributed by atoms with Gasteiger partial charge in [0.15, 0.2) is 0 Å². The maximum atomic E-state index is 12.4. The predicted octanol–water partition coefficient (Wildman–Crippen LogP) is 3.99. The van der Waals surface area contributed by atoms with E-state index in [2.05, 4.69) is 18.0 Å². The molecule has 0 aromatic carbocycles. The lowest BCUT2D eigenvalue weighted by Gasteiger charge is -2.02. The monoisotopic (exact) mass is 290 g/mol. The summed E-state index contributed by atoms with van der Waals surface area (Å²) in [5.41, 5.74) is 0.151. The molecular formula is C16H22N2OS. The number of rotatable bonds is 7. The van der Waals surface area contributed by atoms with Gasteiger partial charge in [-0.25, -0.2) is 4.98 Å². The van der Waals surface area contributed by atoms with Crippen LogP contribution >= 0.6 is 11.3 Å². The normalized spacial score (nSPS) is 15.1. The van der Waals surface area contributed by atoms with E-state index in [1.807, 2.05) is 0 Å². The highest BCUT2D eigenvalue weighted by atomic mass is 32.1. The molecule has 0 saturated heterocycles. The van der Waals surface area contributed by atoms with Crippen LogP contribution in [0.4, 0.5) is 0 Å². The molecule has 0 amide bonds. The lowest BCUT2D eigenvalue weighted by molar-refractivity contribution is 0.602. The third kappa shape index (κ3) is 3.11. The molecule has 0 aliphatic heterocycles. The van der Waals surface area contributed by atoms with Gasteiger partial charge in [-0.15, -0.1) is 11.3 Å². The fourth-order valence-electron chi connectivity index (χ4n) is 2.57. The summed E-state index contributed by atoms with van der Waals surface area (Å²) >= 11 is 1.69. The fraction of sp³-hybridized carbons (Fsp3) is 0.625. The molecule has 20 heavy (non-hydrogen) atoms. The molecule has 3 rings (SSSR count). The highest BCUT2D eigenvalue weighted by Crippen LogP contribution is 2.30. The van der Waals surface area contributed by atoms with E-state index in [9.17, 15) is 4.79 Å². The molecule has 2 aromatic rings. The van der Waals surface area contributed by atoms with Crippen molar-refractivity contribution in [2.45, 2.75) is 58.4 Å². The minimum atomic E-state index is 0.151. The molecule has 1 aliphatic carbocycles. The second kappa shape index (κ2) is 6.08. The van der Waals surface area contributed by atoms with Crippen LogP contribution in [0, 0.1) is 5.92 Å². The highest BCUT2D eigenvalue weighted by molar-refractivity contribution is 7.18. The molecule has 0 N–H and O–H groups in total. The van der Waals surface area contributed by atoms with Gasteiger partial charge in [0.05, 0.1) is 11.7 Å². The van der Waals surface area contributed by atoms with Gasteiger partial charge in [-0.2, -0.15) is 0 Å². The van der Waals surface area contributed by atoms with E-state index in [0.29, 0.717) is 5.92 Å². The molecule has 2 heterocycles. The number of aryl methyl sites for hydroxylation is 1. The molecule has 0 unspecified atom stereocenters. The van der Waals surface area contributed by atoms with Crippen molar-refractivity contribution >= 4 is 21.6 Å². The number of aromatic nitrogens is 2. The minimum Gasteiger partial charge on any atom is -0.298 e. The van der Waals surface area contributed by atoms with Gasteiger partial charge in [-0.05, 0) is 37.7 Å². The molecule has 3 nitrogen and oxygen atoms in total. The van der Waals surface area contributed by atoms with Crippen LogP contribution in [-0.4, -0.2) is 9.55 Å². The molecule has 4 heteroatoms. The highest BCUT2D eigenvalue weighted by Gasteiger charge is 2.22. The summed E-state index contributed by atoms with van der Waals surface area (Å²) in [7, 11) is 0. The van der Waals surface area contributed by atoms with Crippen LogP contribution in [0.2, 0.25) is 0 Å². The van der Waals surface area contributed by atoms with Crippen molar-refractivity contribution in [2.75, 3.05) is 0 Å². The molecule has 0 atom stereocenters. The van der Waals surface area contributed by atoms with Crippen LogP contribution < -0.4 is 5.56 Å². The topological polar surface area (TPSA) is 34.9 Å². The molecule has 1 aliphatic rings. The SMILES string of the molecule is CCCCCCc1cc2c(=O)n(CC3CC3)cnc2s1. The van der Waals surface area contributed by atoms with Gasteiger partial charge >= 0.3 is 0 Å². The van der Waals surface area contributed by atoms with Crippen molar-refractivity contribution in [3.63, 3.8) is 0 Å². The third-order valence-electron chi connectivity index (χ3n) is 4.00. The number of unbranched alkanes of at least 4 members (excludes halogenated alkanes) is 3. The van der Waals surface area contributed by atoms with Crippen molar-refractivity contribution in [3.8, 4) is 0 Å². The summed E-state index contributed by atoms with van der Waals surface area (Å²) in [5.74, 6) is 0.707. The Morgan fingerprint density at radius 3 is 2.95 bits per heavy atom. The first kappa shape index (κ1) is 13.8. The Bertz CT molecular complexity index is 639. The van der Waals surface area contributed by atoms with E-state index >= 15 is 0 Å². The van der Waals surface area contributed by atoms with Crippen molar-refractivity contribution in [1.29, 1.82) is 0 Å². The van der Waals surface area contributed by atoms with Crippen LogP contribution in [0.25, 0.3) is 10.2 Å². The summed E-state index contributed by atoms with van der Waals surface area (Å²) in [4.78, 5) is 19.1. The van der Waals surface area contributed by atoms with E-state index < -0.39 is 0 Å². The Balaban J connectivity index is 1.76. The molecular weight excluding hydrogens is 268 g/mol. The first-order valence-electron chi connectivity index (χ1n) is 7.75. The molecule has 108 valence electrons. The Hall–Kier alpha value is -1.16. The van der Waals surface area contributed by atoms with E-state index in [4.69, 9.17) is 0 Å². The minimum absolute atomic E-state index is 0.151. The van der Waals surface area contributed by atoms with Crippen molar-refractivity contribution in [1.82, 2.24) is 9.55 Å². The van der Waals surface area contributed by atoms with Crippen molar-refractivity contribution < 1.29 is 0 Å². The van der Waals surface area contributed by atoms with E-state index in [-0.39, 0.29) is 5.56 Å². The molecule has 0 bridgehead atoms. The molecule has 0 spiro atoms. The van der Waals surface area contributed by atoms with Gasteiger partial charge in [0.1, 0.15) is 4.83 Å². The van der Waals surface area contributed by atoms with Gasteiger partial charge in [0.2, 0.25) is 0 Å². The Kier molecular flexibility index (Phi) is 4.20. The quantitative estimate of drug-likeness (QED) is 0.723. The summed E-state index contributed by atoms with van der Waals surface area (Å²) in [5, 5.41) is 0.823. The van der Waals surface area contributed by atoms with Gasteiger partial charge in [0, 0.05) is 11.4 Å². The predicted molar refractivity (Wildman–Crippen MR) is 84.5 cm³/mol. The number of thiophene rings is 1. The van der Waals surface area contributed by atoms with Gasteiger partial charge < -0.3 is 0 Å². The second-order valence-electron chi connectivity index (χ2n) is 5.89. The van der Waals surface area contributed by atoms with Gasteiger partial charge in [-0.1, -0.05) is 26.2 Å². The second-order valence-corrected chi connectivity index (χ2v) is 7.00. The molecule has 1 saturated carbocycles. The summed E-state index contributed by atoms with van der Waals surface area (Å²) < 4.78 is 1.80. The first-order chi connectivity index (χ1) is 9.78. The van der Waals surface area contributed by atoms with E-state index in [0.717, 1.165) is 23.2 Å². The summed E-state index contributed by atoms with van der Waals surface area (Å²) in [6.07, 6.45) is 10.4. The van der Waals surface area contributed by atoms with Crippen molar-refractivity contribution in [3.05, 3.63) is 27.6 Å². The Labute approximate surface area is 123 Å². The number of fused-ring (bicyclic) bond motifs is 1. The number of nitrogens with zero attached hydrogens (tertiary/aromatic N) is 2. The Morgan fingerprint density at radius 2 is 2.20 bits per heavy atom. The van der Waals surface area contributed by atoms with E-state index in [1.54, 1.807) is 22.2 Å². The Morgan fingerprint density at radius 1 is 1.35 bits per heavy atom. The van der Waals surface area contributed by atoms with Crippen LogP contribution in [0.1, 0.15) is 50.3 Å². The summed E-state index contributed by atoms with van der Waals surface area (Å²) in [6.45, 7) is 3.08. The molecule has 2 aromatic heterocycles. The number of hydrogen-bond acceptors (Lipinski definition) is 3. The van der Waals surface area contributed by atoms with Gasteiger partial charge in [0.25, 0.3) is 5.56 Å². The van der Waals surface area contributed by atoms with Crippen LogP contribution in [0.5, 0.6) is 0 Å². The molecule has 1 fully saturated rings. The average molecular weight is 290 g/mol. The fourth-order valence-corrected chi connectivity index (χ4v) is 3.60. The first-order valence-corrected chi connectivity index (χ1v) is 8.57. The van der Waals surface area contributed by atoms with Gasteiger partial charge in [-0.3, -0.25) is 9.36 Å². The van der Waals surface area contributed by atoms with Crippen LogP contribution in [-0.2, 0) is 13.0 Å². The van der Waals surface area contributed by atoms with Crippen molar-refractivity contribution in [2.24, 2.45) is 5.92 Å². The van der Waals surface area contributed by atoms with Crippen LogP contribution in [0.15, 0.2) is 17.2 Å². The lowest BCUT2D eigenvalue weighted by Crippen LogP contribution is -2.20. The largest absolute Gasteiger partial charge is 0.298 e.